The molecule has 2 aromatic rings. The molecule has 1 aromatic heterocycles. The summed E-state index contributed by atoms with van der Waals surface area (Å²) < 4.78 is 15.0. The molecule has 9 nitrogen and oxygen atoms in total. The number of nitrogens with two attached hydrogens (primary N) is 1. The van der Waals surface area contributed by atoms with Crippen LogP contribution in [0.4, 0.5) is 16.0 Å². The molecule has 31 heavy (non-hydrogen) atoms. The normalized spacial score (nSPS) is 18.9. The first kappa shape index (κ1) is 22.4. The van der Waals surface area contributed by atoms with Crippen molar-refractivity contribution >= 4 is 17.5 Å². The van der Waals surface area contributed by atoms with Crippen molar-refractivity contribution in [1.29, 1.82) is 5.26 Å². The summed E-state index contributed by atoms with van der Waals surface area (Å²) in [4.78, 5) is 22.6. The number of rotatable bonds is 8. The zero-order valence-electron chi connectivity index (χ0n) is 17.3. The van der Waals surface area contributed by atoms with Crippen LogP contribution in [0.5, 0.6) is 0 Å². The molecule has 1 aliphatic rings. The van der Waals surface area contributed by atoms with E-state index < -0.39 is 17.8 Å². The molecule has 2 atom stereocenters. The van der Waals surface area contributed by atoms with E-state index in [1.54, 1.807) is 30.1 Å². The van der Waals surface area contributed by atoms with Gasteiger partial charge in [0.05, 0.1) is 24.3 Å². The zero-order valence-corrected chi connectivity index (χ0v) is 17.3. The third-order valence-corrected chi connectivity index (χ3v) is 5.33. The van der Waals surface area contributed by atoms with Gasteiger partial charge in [-0.15, -0.1) is 0 Å². The number of hydrogen-bond acceptors (Lipinski definition) is 8. The van der Waals surface area contributed by atoms with Gasteiger partial charge in [0, 0.05) is 32.6 Å². The molecule has 0 spiro atoms. The molecule has 164 valence electrons. The van der Waals surface area contributed by atoms with Gasteiger partial charge >= 0.3 is 0 Å². The summed E-state index contributed by atoms with van der Waals surface area (Å²) in [6.07, 6.45) is 1.28. The topological polar surface area (TPSA) is 131 Å². The highest BCUT2D eigenvalue weighted by molar-refractivity contribution is 5.75. The van der Waals surface area contributed by atoms with E-state index in [0.717, 1.165) is 5.56 Å². The Hall–Kier alpha value is -3.29. The molecule has 0 aliphatic carbocycles. The van der Waals surface area contributed by atoms with E-state index in [4.69, 9.17) is 11.0 Å². The summed E-state index contributed by atoms with van der Waals surface area (Å²) in [6, 6.07) is 9.20. The predicted octanol–water partition coefficient (Wildman–Crippen LogP) is 0.704. The summed E-state index contributed by atoms with van der Waals surface area (Å²) in [5.41, 5.74) is 6.61. The van der Waals surface area contributed by atoms with Gasteiger partial charge in [0.1, 0.15) is 6.33 Å². The third-order valence-electron chi connectivity index (χ3n) is 5.33. The van der Waals surface area contributed by atoms with Crippen LogP contribution in [-0.2, 0) is 11.3 Å². The highest BCUT2D eigenvalue weighted by atomic mass is 19.1. The average molecular weight is 427 g/mol. The third kappa shape index (κ3) is 5.87. The van der Waals surface area contributed by atoms with Crippen molar-refractivity contribution in [2.24, 2.45) is 11.7 Å². The summed E-state index contributed by atoms with van der Waals surface area (Å²) in [7, 11) is 1.71. The Morgan fingerprint density at radius 3 is 3.00 bits per heavy atom. The molecule has 0 radical (unpaired) electrons. The van der Waals surface area contributed by atoms with Crippen molar-refractivity contribution in [3.63, 3.8) is 0 Å². The second-order valence-electron chi connectivity index (χ2n) is 7.73. The maximum Gasteiger partial charge on any atom is 0.231 e. The van der Waals surface area contributed by atoms with Gasteiger partial charge in [-0.05, 0) is 30.7 Å². The Balaban J connectivity index is 1.61. The Morgan fingerprint density at radius 2 is 2.29 bits per heavy atom. The number of hydrogen-bond donors (Lipinski definition) is 3. The quantitative estimate of drug-likeness (QED) is 0.561. The lowest BCUT2D eigenvalue weighted by Crippen LogP contribution is -2.48. The van der Waals surface area contributed by atoms with Crippen LogP contribution in [0.3, 0.4) is 0 Å². The molecular weight excluding hydrogens is 401 g/mol. The first-order valence-electron chi connectivity index (χ1n) is 10.0. The molecule has 1 aliphatic heterocycles. The van der Waals surface area contributed by atoms with E-state index in [9.17, 15) is 9.90 Å². The first-order valence-corrected chi connectivity index (χ1v) is 10.0. The standard InChI is InChI=1S/C21H26FN7O2/c1-28(10-15-4-2-3-14(7-15)8-23)21-19(22)20(26-13-27-21)25-9-16-5-6-29(11-17(16)30)12-18(24)31/h2-4,7,13,16-17,30H,5-6,9-12H2,1H3,(H2,24,31)(H,25,26,27)/t16-,17+/m0/s1. The lowest BCUT2D eigenvalue weighted by molar-refractivity contribution is -0.120. The Kier molecular flexibility index (Phi) is 7.33. The molecule has 0 bridgehead atoms. The molecule has 0 saturated carbocycles. The summed E-state index contributed by atoms with van der Waals surface area (Å²) in [5, 5.41) is 22.4. The molecule has 10 heteroatoms. The zero-order chi connectivity index (χ0) is 22.4. The maximum atomic E-state index is 15.0. The molecule has 1 saturated heterocycles. The first-order chi connectivity index (χ1) is 14.9. The van der Waals surface area contributed by atoms with Crippen LogP contribution in [0.2, 0.25) is 0 Å². The molecule has 4 N–H and O–H groups in total. The van der Waals surface area contributed by atoms with Crippen LogP contribution < -0.4 is 16.0 Å². The fourth-order valence-corrected chi connectivity index (χ4v) is 3.71. The second kappa shape index (κ2) is 10.1. The second-order valence-corrected chi connectivity index (χ2v) is 7.73. The van der Waals surface area contributed by atoms with Crippen molar-refractivity contribution in [3.8, 4) is 6.07 Å². The maximum absolute atomic E-state index is 15.0. The smallest absolute Gasteiger partial charge is 0.231 e. The van der Waals surface area contributed by atoms with Gasteiger partial charge in [-0.3, -0.25) is 9.69 Å². The Morgan fingerprint density at radius 1 is 1.48 bits per heavy atom. The number of piperidine rings is 1. The van der Waals surface area contributed by atoms with Crippen molar-refractivity contribution in [1.82, 2.24) is 14.9 Å². The highest BCUT2D eigenvalue weighted by Gasteiger charge is 2.28. The van der Waals surface area contributed by atoms with Crippen LogP contribution in [0.15, 0.2) is 30.6 Å². The van der Waals surface area contributed by atoms with Gasteiger partial charge in [-0.1, -0.05) is 12.1 Å². The van der Waals surface area contributed by atoms with Crippen molar-refractivity contribution in [2.75, 3.05) is 43.4 Å². The minimum atomic E-state index is -0.653. The number of nitriles is 1. The SMILES string of the molecule is CN(Cc1cccc(C#N)c1)c1ncnc(NC[C@@H]2CCN(CC(N)=O)C[C@H]2O)c1F. The van der Waals surface area contributed by atoms with Gasteiger partial charge < -0.3 is 21.1 Å². The van der Waals surface area contributed by atoms with Gasteiger partial charge in [0.2, 0.25) is 11.7 Å². The van der Waals surface area contributed by atoms with Gasteiger partial charge in [-0.2, -0.15) is 9.65 Å². The number of carbonyl (C=O) groups is 1. The van der Waals surface area contributed by atoms with Gasteiger partial charge in [0.15, 0.2) is 11.6 Å². The number of aliphatic hydroxyl groups is 1. The number of nitrogens with one attached hydrogen (secondary N) is 1. The molecule has 2 heterocycles. The Bertz CT molecular complexity index is 965. The van der Waals surface area contributed by atoms with Gasteiger partial charge in [0.25, 0.3) is 0 Å². The van der Waals surface area contributed by atoms with Crippen molar-refractivity contribution < 1.29 is 14.3 Å². The fraction of sp³-hybridized carbons (Fsp3) is 0.429. The van der Waals surface area contributed by atoms with Crippen molar-refractivity contribution in [3.05, 3.63) is 47.5 Å². The number of anilines is 2. The van der Waals surface area contributed by atoms with E-state index in [1.165, 1.54) is 6.33 Å². The van der Waals surface area contributed by atoms with Crippen LogP contribution in [-0.4, -0.2) is 65.2 Å². The number of primary amides is 1. The number of aliphatic hydroxyl groups excluding tert-OH is 1. The monoisotopic (exact) mass is 427 g/mol. The van der Waals surface area contributed by atoms with Crippen LogP contribution >= 0.6 is 0 Å². The lowest BCUT2D eigenvalue weighted by atomic mass is 9.94. The van der Waals surface area contributed by atoms with E-state index in [0.29, 0.717) is 38.2 Å². The van der Waals surface area contributed by atoms with Crippen LogP contribution in [0, 0.1) is 23.1 Å². The number of halogens is 1. The Labute approximate surface area is 180 Å². The number of likely N-dealkylation sites (tertiary alicyclic amines) is 1. The van der Waals surface area contributed by atoms with E-state index in [-0.39, 0.29) is 24.1 Å². The summed E-state index contributed by atoms with van der Waals surface area (Å²) in [5.74, 6) is -0.913. The molecule has 1 fully saturated rings. The summed E-state index contributed by atoms with van der Waals surface area (Å²) >= 11 is 0. The predicted molar refractivity (Wildman–Crippen MR) is 113 cm³/mol. The largest absolute Gasteiger partial charge is 0.391 e. The fourth-order valence-electron chi connectivity index (χ4n) is 3.71. The number of aromatic nitrogens is 2. The van der Waals surface area contributed by atoms with E-state index in [1.807, 2.05) is 11.0 Å². The number of carbonyl (C=O) groups excluding carboxylic acids is 1. The lowest BCUT2D eigenvalue weighted by Gasteiger charge is -2.35. The van der Waals surface area contributed by atoms with E-state index >= 15 is 4.39 Å². The van der Waals surface area contributed by atoms with Gasteiger partial charge in [-0.25, -0.2) is 9.97 Å². The van der Waals surface area contributed by atoms with Crippen LogP contribution in [0.1, 0.15) is 17.5 Å². The highest BCUT2D eigenvalue weighted by Crippen LogP contribution is 2.24. The number of nitrogens with zero attached hydrogens (tertiary/aromatic N) is 5. The van der Waals surface area contributed by atoms with Crippen LogP contribution in [0.25, 0.3) is 0 Å². The molecular formula is C21H26FN7O2. The molecule has 0 unspecified atom stereocenters. The molecule has 1 aromatic carbocycles. The van der Waals surface area contributed by atoms with Crippen molar-refractivity contribution in [2.45, 2.75) is 19.1 Å². The molecule has 1 amide bonds. The number of β-amino-alcohol motifs (C(OH)–C–C–N with tert-alkyl or cyclic N) is 1. The number of benzene rings is 1. The minimum Gasteiger partial charge on any atom is -0.391 e. The molecule has 3 rings (SSSR count). The summed E-state index contributed by atoms with van der Waals surface area (Å²) in [6.45, 7) is 1.81. The average Bonchev–Trinajstić information content (AvgIpc) is 2.73. The minimum absolute atomic E-state index is 0.0643. The number of amides is 1. The van der Waals surface area contributed by atoms with E-state index in [2.05, 4.69) is 21.4 Å².